The molecule has 0 aliphatic heterocycles. The molecule has 2 rings (SSSR count). The summed E-state index contributed by atoms with van der Waals surface area (Å²) < 4.78 is 28.5. The predicted molar refractivity (Wildman–Crippen MR) is 94.1 cm³/mol. The van der Waals surface area contributed by atoms with Gasteiger partial charge in [0.25, 0.3) is 0 Å². The Labute approximate surface area is 136 Å². The maximum absolute atomic E-state index is 14.5. The van der Waals surface area contributed by atoms with E-state index >= 15 is 0 Å². The smallest absolute Gasteiger partial charge is 0.131 e. The topological polar surface area (TPSA) is 0 Å². The van der Waals surface area contributed by atoms with Gasteiger partial charge in [0.05, 0.1) is 0 Å². The number of hydrogen-bond acceptors (Lipinski definition) is 0. The third-order valence-electron chi connectivity index (χ3n) is 3.57. The Kier molecular flexibility index (Phi) is 5.28. The molecule has 0 saturated carbocycles. The molecule has 0 spiro atoms. The van der Waals surface area contributed by atoms with Crippen LogP contribution in [0, 0.1) is 18.6 Å². The summed E-state index contributed by atoms with van der Waals surface area (Å²) in [6.45, 7) is 9.35. The first-order chi connectivity index (χ1) is 10.9. The van der Waals surface area contributed by atoms with Gasteiger partial charge in [0.1, 0.15) is 11.6 Å². The predicted octanol–water partition coefficient (Wildman–Crippen LogP) is 6.48. The molecule has 0 fully saturated rings. The molecule has 0 aliphatic rings. The molecule has 2 aromatic rings. The van der Waals surface area contributed by atoms with Gasteiger partial charge in [-0.2, -0.15) is 0 Å². The summed E-state index contributed by atoms with van der Waals surface area (Å²) in [5.74, 6) is -0.715. The van der Waals surface area contributed by atoms with Gasteiger partial charge in [-0.25, -0.2) is 8.78 Å². The summed E-state index contributed by atoms with van der Waals surface area (Å²) in [7, 11) is 0. The van der Waals surface area contributed by atoms with Gasteiger partial charge >= 0.3 is 0 Å². The lowest BCUT2D eigenvalue weighted by molar-refractivity contribution is 0.622. The van der Waals surface area contributed by atoms with Gasteiger partial charge in [0.15, 0.2) is 0 Å². The lowest BCUT2D eigenvalue weighted by Crippen LogP contribution is -1.91. The highest BCUT2D eigenvalue weighted by Gasteiger charge is 2.10. The molecule has 0 radical (unpaired) electrons. The van der Waals surface area contributed by atoms with Crippen LogP contribution in [0.25, 0.3) is 16.7 Å². The fourth-order valence-corrected chi connectivity index (χ4v) is 2.34. The van der Waals surface area contributed by atoms with E-state index in [1.807, 2.05) is 45.1 Å². The van der Waals surface area contributed by atoms with Crippen molar-refractivity contribution < 1.29 is 8.78 Å². The molecular weight excluding hydrogens is 290 g/mol. The Morgan fingerprint density at radius 3 is 2.30 bits per heavy atom. The number of aryl methyl sites for hydroxylation is 1. The number of rotatable bonds is 4. The number of halogens is 2. The maximum atomic E-state index is 14.5. The second-order valence-corrected chi connectivity index (χ2v) is 5.60. The Morgan fingerprint density at radius 2 is 1.74 bits per heavy atom. The van der Waals surface area contributed by atoms with Crippen molar-refractivity contribution in [2.24, 2.45) is 0 Å². The number of benzene rings is 2. The Balaban J connectivity index is 2.43. The summed E-state index contributed by atoms with van der Waals surface area (Å²) >= 11 is 0. The van der Waals surface area contributed by atoms with Crippen molar-refractivity contribution in [3.63, 3.8) is 0 Å². The molecule has 2 heteroatoms. The molecule has 0 nitrogen and oxygen atoms in total. The highest BCUT2D eigenvalue weighted by molar-refractivity contribution is 5.77. The standard InChI is InChI=1S/C21H20F2/c1-5-16(8-6-14(2)3)18-11-9-17(13-21(18)23)19-10-7-15(4)12-20(19)22/h5-13H,2H2,1,3-4H3. The van der Waals surface area contributed by atoms with Crippen molar-refractivity contribution >= 4 is 5.57 Å². The molecule has 0 saturated heterocycles. The van der Waals surface area contributed by atoms with Crippen LogP contribution in [0.1, 0.15) is 25.0 Å². The molecule has 0 aliphatic carbocycles. The van der Waals surface area contributed by atoms with Gasteiger partial charge in [-0.1, -0.05) is 54.6 Å². The first-order valence-electron chi connectivity index (χ1n) is 7.48. The third kappa shape index (κ3) is 4.04. The van der Waals surface area contributed by atoms with E-state index in [2.05, 4.69) is 6.58 Å². The molecule has 0 N–H and O–H groups in total. The molecule has 0 amide bonds. The van der Waals surface area contributed by atoms with Crippen LogP contribution in [0.5, 0.6) is 0 Å². The van der Waals surface area contributed by atoms with Crippen LogP contribution < -0.4 is 0 Å². The van der Waals surface area contributed by atoms with E-state index < -0.39 is 0 Å². The fourth-order valence-electron chi connectivity index (χ4n) is 2.34. The van der Waals surface area contributed by atoms with Gasteiger partial charge < -0.3 is 0 Å². The van der Waals surface area contributed by atoms with Gasteiger partial charge in [0.2, 0.25) is 0 Å². The minimum Gasteiger partial charge on any atom is -0.206 e. The van der Waals surface area contributed by atoms with Gasteiger partial charge in [-0.3, -0.25) is 0 Å². The number of allylic oxidation sites excluding steroid dienone is 5. The van der Waals surface area contributed by atoms with Crippen molar-refractivity contribution in [2.75, 3.05) is 0 Å². The molecule has 118 valence electrons. The highest BCUT2D eigenvalue weighted by atomic mass is 19.1. The first-order valence-corrected chi connectivity index (χ1v) is 7.48. The summed E-state index contributed by atoms with van der Waals surface area (Å²) in [4.78, 5) is 0. The lowest BCUT2D eigenvalue weighted by Gasteiger charge is -2.09. The number of hydrogen-bond donors (Lipinski definition) is 0. The minimum atomic E-state index is -0.373. The monoisotopic (exact) mass is 310 g/mol. The molecule has 0 aromatic heterocycles. The maximum Gasteiger partial charge on any atom is 0.131 e. The van der Waals surface area contributed by atoms with Crippen LogP contribution in [0.4, 0.5) is 8.78 Å². The Morgan fingerprint density at radius 1 is 1.00 bits per heavy atom. The van der Waals surface area contributed by atoms with E-state index in [4.69, 9.17) is 0 Å². The van der Waals surface area contributed by atoms with Gasteiger partial charge in [0, 0.05) is 11.1 Å². The SMILES string of the molecule is C=C(C)C=CC(=CC)c1ccc(-c2ccc(C)cc2F)cc1F. The van der Waals surface area contributed by atoms with Crippen molar-refractivity contribution in [2.45, 2.75) is 20.8 Å². The minimum absolute atomic E-state index is 0.342. The van der Waals surface area contributed by atoms with Gasteiger partial charge in [-0.15, -0.1) is 0 Å². The van der Waals surface area contributed by atoms with E-state index in [0.29, 0.717) is 16.7 Å². The molecule has 0 heterocycles. The summed E-state index contributed by atoms with van der Waals surface area (Å²) in [5, 5.41) is 0. The lowest BCUT2D eigenvalue weighted by atomic mass is 9.98. The van der Waals surface area contributed by atoms with E-state index in [1.54, 1.807) is 18.2 Å². The zero-order valence-corrected chi connectivity index (χ0v) is 13.7. The Bertz CT molecular complexity index is 795. The summed E-state index contributed by atoms with van der Waals surface area (Å²) in [5.41, 5.74) is 3.92. The average Bonchev–Trinajstić information content (AvgIpc) is 2.49. The molecule has 0 atom stereocenters. The largest absolute Gasteiger partial charge is 0.206 e. The molecule has 0 bridgehead atoms. The zero-order chi connectivity index (χ0) is 17.0. The first kappa shape index (κ1) is 16.9. The third-order valence-corrected chi connectivity index (χ3v) is 3.57. The molecule has 2 aromatic carbocycles. The van der Waals surface area contributed by atoms with Crippen molar-refractivity contribution in [1.29, 1.82) is 0 Å². The van der Waals surface area contributed by atoms with Crippen LogP contribution in [-0.4, -0.2) is 0 Å². The summed E-state index contributed by atoms with van der Waals surface area (Å²) in [6, 6.07) is 9.75. The van der Waals surface area contributed by atoms with Gasteiger partial charge in [-0.05, 0) is 49.6 Å². The molecular formula is C21H20F2. The highest BCUT2D eigenvalue weighted by Crippen LogP contribution is 2.28. The Hall–Kier alpha value is -2.48. The normalized spacial score (nSPS) is 12.0. The fraction of sp³-hybridized carbons (Fsp3) is 0.143. The van der Waals surface area contributed by atoms with E-state index in [0.717, 1.165) is 16.7 Å². The van der Waals surface area contributed by atoms with Crippen molar-refractivity contribution in [3.8, 4) is 11.1 Å². The average molecular weight is 310 g/mol. The van der Waals surface area contributed by atoms with Crippen molar-refractivity contribution in [1.82, 2.24) is 0 Å². The summed E-state index contributed by atoms with van der Waals surface area (Å²) in [6.07, 6.45) is 5.50. The molecule has 0 unspecified atom stereocenters. The van der Waals surface area contributed by atoms with Crippen LogP contribution >= 0.6 is 0 Å². The second kappa shape index (κ2) is 7.19. The van der Waals surface area contributed by atoms with Crippen LogP contribution in [0.15, 0.2) is 66.8 Å². The quantitative estimate of drug-likeness (QED) is 0.567. The van der Waals surface area contributed by atoms with Crippen molar-refractivity contribution in [3.05, 3.63) is 89.5 Å². The van der Waals surface area contributed by atoms with E-state index in [1.165, 1.54) is 12.1 Å². The van der Waals surface area contributed by atoms with E-state index in [-0.39, 0.29) is 11.6 Å². The second-order valence-electron chi connectivity index (χ2n) is 5.60. The molecule has 23 heavy (non-hydrogen) atoms. The van der Waals surface area contributed by atoms with Crippen LogP contribution in [0.2, 0.25) is 0 Å². The van der Waals surface area contributed by atoms with E-state index in [9.17, 15) is 8.78 Å². The van der Waals surface area contributed by atoms with Crippen LogP contribution in [-0.2, 0) is 0 Å². The zero-order valence-electron chi connectivity index (χ0n) is 13.7. The van der Waals surface area contributed by atoms with Crippen LogP contribution in [0.3, 0.4) is 0 Å².